The standard InChI is InChI=1S/C50H30N2.C42H24N12.C39H23N3/c1-2-7-33-24-36(13-11-31(33)6-1)39-19-21-45-46-22-20-40(29-48(46)44-10-4-3-9-43(44)47(45)28-39)37-15-14-35-26-38(17-16-34(35)25-37)42-27-41-18-12-32-8-5-23-51-49(32)50(41)52-30-42;1-4-16-43-34(7-1)40-49-22-46-37(52-40)25-10-13-28-31(19-25)29-14-11-26(38-47-23-50-41(53-38)35-8-2-5-17-44-35)21-33(29)30-15-12-27(20-32(28)30)39-48-24-51-42(54-39)36-9-3-6-18-45-36;1-2-10-32-30(8-1)31-9-3-4-11-33(31)36-22-25(15-16-34(32)36)29-18-17-28(35-12-6-20-41-39(29)35)27-21-26-14-13-24-7-5-19-40-37(24)38(26)42-23-27/h1-30H;1-24H;1-23H. The Labute approximate surface area is 845 Å². The molecule has 19 aromatic carbocycles. The maximum Gasteiger partial charge on any atom is 0.181 e. The van der Waals surface area contributed by atoms with Crippen molar-refractivity contribution in [1.82, 2.24) is 84.7 Å². The van der Waals surface area contributed by atoms with Crippen LogP contribution in [0.25, 0.3) is 297 Å². The Kier molecular flexibility index (Phi) is 20.8. The monoisotopic (exact) mass is 1890 g/mol. The summed E-state index contributed by atoms with van der Waals surface area (Å²) in [5, 5.41) is 32.0. The van der Waals surface area contributed by atoms with Gasteiger partial charge in [0.1, 0.15) is 36.1 Å². The van der Waals surface area contributed by atoms with Crippen molar-refractivity contribution in [2.45, 2.75) is 0 Å². The lowest BCUT2D eigenvalue weighted by molar-refractivity contribution is 1.05. The van der Waals surface area contributed by atoms with Crippen LogP contribution < -0.4 is 0 Å². The van der Waals surface area contributed by atoms with Crippen molar-refractivity contribution in [2.24, 2.45) is 0 Å². The molecule has 0 bridgehead atoms. The van der Waals surface area contributed by atoms with Crippen molar-refractivity contribution in [3.05, 3.63) is 469 Å². The molecule has 0 unspecified atom stereocenters. The van der Waals surface area contributed by atoms with Crippen LogP contribution in [0.2, 0.25) is 0 Å². The number of pyridine rings is 8. The first-order valence-electron chi connectivity index (χ1n) is 49.0. The first-order chi connectivity index (χ1) is 73.3. The van der Waals surface area contributed by atoms with Gasteiger partial charge in [-0.15, -0.1) is 0 Å². The minimum atomic E-state index is 0.503. The van der Waals surface area contributed by atoms with E-state index in [4.69, 9.17) is 29.9 Å². The highest BCUT2D eigenvalue weighted by Gasteiger charge is 2.23. The van der Waals surface area contributed by atoms with E-state index in [9.17, 15) is 0 Å². The number of hydrogen-bond donors (Lipinski definition) is 0. The molecule has 17 heteroatoms. The smallest absolute Gasteiger partial charge is 0.181 e. The Balaban J connectivity index is 0.000000108. The van der Waals surface area contributed by atoms with Crippen molar-refractivity contribution in [1.29, 1.82) is 0 Å². The fourth-order valence-corrected chi connectivity index (χ4v) is 21.4. The van der Waals surface area contributed by atoms with Gasteiger partial charge < -0.3 is 0 Å². The first-order valence-corrected chi connectivity index (χ1v) is 49.0. The van der Waals surface area contributed by atoms with E-state index in [-0.39, 0.29) is 0 Å². The van der Waals surface area contributed by atoms with Crippen molar-refractivity contribution >= 4 is 173 Å². The number of fused-ring (bicyclic) bond motifs is 27. The number of hydrogen-bond acceptors (Lipinski definition) is 17. The Morgan fingerprint density at radius 3 is 0.824 bits per heavy atom. The van der Waals surface area contributed by atoms with Crippen LogP contribution in [0.5, 0.6) is 0 Å². The van der Waals surface area contributed by atoms with E-state index in [1.54, 1.807) is 18.6 Å². The van der Waals surface area contributed by atoms with E-state index in [1.165, 1.54) is 127 Å². The molecular weight excluding hydrogens is 1810 g/mol. The molecule has 17 nitrogen and oxygen atoms in total. The third kappa shape index (κ3) is 15.3. The second kappa shape index (κ2) is 36.0. The highest BCUT2D eigenvalue weighted by atomic mass is 15.0. The molecule has 0 aliphatic rings. The lowest BCUT2D eigenvalue weighted by Gasteiger charge is -2.14. The van der Waals surface area contributed by atoms with Crippen LogP contribution in [0.15, 0.2) is 469 Å². The molecule has 0 fully saturated rings. The molecule has 30 rings (SSSR count). The van der Waals surface area contributed by atoms with Gasteiger partial charge >= 0.3 is 0 Å². The largest absolute Gasteiger partial charge is 0.256 e. The quantitative estimate of drug-likeness (QED) is 0.110. The van der Waals surface area contributed by atoms with Gasteiger partial charge in [0.15, 0.2) is 34.9 Å². The van der Waals surface area contributed by atoms with E-state index in [0.717, 1.165) is 137 Å². The molecule has 148 heavy (non-hydrogen) atoms. The molecule has 11 aromatic heterocycles. The molecule has 686 valence electrons. The van der Waals surface area contributed by atoms with Gasteiger partial charge in [-0.3, -0.25) is 39.9 Å². The molecule has 11 heterocycles. The zero-order valence-electron chi connectivity index (χ0n) is 79.1. The summed E-state index contributed by atoms with van der Waals surface area (Å²) in [7, 11) is 0. The molecule has 0 N–H and O–H groups in total. The first kappa shape index (κ1) is 85.5. The third-order valence-electron chi connectivity index (χ3n) is 28.5. The van der Waals surface area contributed by atoms with Gasteiger partial charge in [0, 0.05) is 110 Å². The van der Waals surface area contributed by atoms with Gasteiger partial charge in [0.25, 0.3) is 0 Å². The minimum Gasteiger partial charge on any atom is -0.256 e. The Hall–Kier alpha value is -20.4. The Morgan fingerprint density at radius 1 is 0.122 bits per heavy atom. The van der Waals surface area contributed by atoms with Crippen LogP contribution in [-0.4, -0.2) is 84.7 Å². The third-order valence-corrected chi connectivity index (χ3v) is 28.5. The summed E-state index contributed by atoms with van der Waals surface area (Å²) in [5.41, 5.74) is 20.9. The molecule has 0 aliphatic carbocycles. The van der Waals surface area contributed by atoms with Crippen LogP contribution in [0, 0.1) is 0 Å². The van der Waals surface area contributed by atoms with Gasteiger partial charge in [0.05, 0.1) is 27.6 Å². The molecule has 0 spiro atoms. The number of nitrogens with zero attached hydrogens (tertiary/aromatic N) is 17. The molecule has 0 amide bonds. The summed E-state index contributed by atoms with van der Waals surface area (Å²) in [4.78, 5) is 78.3. The zero-order valence-corrected chi connectivity index (χ0v) is 79.1. The average molecular weight is 1890 g/mol. The lowest BCUT2D eigenvalue weighted by Crippen LogP contribution is -1.97. The van der Waals surface area contributed by atoms with E-state index in [0.29, 0.717) is 52.0 Å². The van der Waals surface area contributed by atoms with Crippen LogP contribution in [0.4, 0.5) is 0 Å². The average Bonchev–Trinajstić information content (AvgIpc) is 0.731. The fraction of sp³-hybridized carbons (Fsp3) is 0. The molecule has 0 aliphatic heterocycles. The molecule has 0 atom stereocenters. The normalized spacial score (nSPS) is 11.6. The molecule has 30 aromatic rings. The summed E-state index contributed by atoms with van der Waals surface area (Å²) < 4.78 is 0. The van der Waals surface area contributed by atoms with Gasteiger partial charge in [-0.2, -0.15) is 0 Å². The maximum absolute atomic E-state index is 4.91. The van der Waals surface area contributed by atoms with Crippen LogP contribution in [-0.2, 0) is 0 Å². The van der Waals surface area contributed by atoms with Crippen LogP contribution in [0.3, 0.4) is 0 Å². The molecular formula is C131H77N17. The predicted octanol–water partition coefficient (Wildman–Crippen LogP) is 31.6. The van der Waals surface area contributed by atoms with Gasteiger partial charge in [-0.1, -0.05) is 279 Å². The second-order valence-electron chi connectivity index (χ2n) is 37.0. The van der Waals surface area contributed by atoms with Crippen LogP contribution >= 0.6 is 0 Å². The van der Waals surface area contributed by atoms with Crippen molar-refractivity contribution in [3.63, 3.8) is 0 Å². The van der Waals surface area contributed by atoms with E-state index >= 15 is 0 Å². The SMILES string of the molecule is c1ccc(-c2ncnc(-c3ccc4c(c3)c3ccc(-c5ncnc(-c6ccccn6)n5)cc3c3ccc(-c5ncnc(-c6ccccn6)n5)cc43)n2)nc1.c1ccc2cc(-c3ccc4c5ccc(-c6ccc7cc(-c8cnc9c(ccc%10cccnc%109)c8)ccc7c6)cc5c5ccccc5c4c3)ccc2c1.c1cnc2c(c1)ccc1cc(-c3ccc(-c4ccc5c6ccccc6c6ccccc6c5c4)c4ncccc34)cnc12. The highest BCUT2D eigenvalue weighted by Crippen LogP contribution is 2.47. The summed E-state index contributed by atoms with van der Waals surface area (Å²) >= 11 is 0. The van der Waals surface area contributed by atoms with E-state index < -0.39 is 0 Å². The van der Waals surface area contributed by atoms with Gasteiger partial charge in [0.2, 0.25) is 0 Å². The number of aromatic nitrogens is 17. The zero-order chi connectivity index (χ0) is 97.6. The Morgan fingerprint density at radius 2 is 0.385 bits per heavy atom. The summed E-state index contributed by atoms with van der Waals surface area (Å²) in [6.45, 7) is 0. The lowest BCUT2D eigenvalue weighted by atomic mass is 9.90. The number of benzene rings is 19. The summed E-state index contributed by atoms with van der Waals surface area (Å²) in [5.74, 6) is 3.15. The van der Waals surface area contributed by atoms with E-state index in [1.807, 2.05) is 122 Å². The van der Waals surface area contributed by atoms with Crippen molar-refractivity contribution in [3.8, 4) is 124 Å². The predicted molar refractivity (Wildman–Crippen MR) is 602 cm³/mol. The van der Waals surface area contributed by atoms with Gasteiger partial charge in [-0.25, -0.2) is 44.9 Å². The fourth-order valence-electron chi connectivity index (χ4n) is 21.4. The summed E-state index contributed by atoms with van der Waals surface area (Å²) in [6.07, 6.45) is 19.2. The second-order valence-corrected chi connectivity index (χ2v) is 37.0. The maximum atomic E-state index is 4.91. The van der Waals surface area contributed by atoms with Crippen LogP contribution in [0.1, 0.15) is 0 Å². The molecule has 0 radical (unpaired) electrons. The summed E-state index contributed by atoms with van der Waals surface area (Å²) in [6, 6.07) is 141. The molecule has 0 saturated heterocycles. The van der Waals surface area contributed by atoms with E-state index in [2.05, 4.69) is 364 Å². The van der Waals surface area contributed by atoms with Crippen molar-refractivity contribution < 1.29 is 0 Å². The minimum absolute atomic E-state index is 0.503. The van der Waals surface area contributed by atoms with Crippen molar-refractivity contribution in [2.75, 3.05) is 0 Å². The molecule has 0 saturated carbocycles. The number of rotatable bonds is 11. The highest BCUT2D eigenvalue weighted by molar-refractivity contribution is 6.30. The topological polar surface area (TPSA) is 219 Å². The van der Waals surface area contributed by atoms with Gasteiger partial charge in [-0.05, 0) is 279 Å². The Bertz CT molecular complexity index is 10300.